The third-order valence-corrected chi connectivity index (χ3v) is 7.14. The van der Waals surface area contributed by atoms with E-state index in [4.69, 9.17) is 0 Å². The molecule has 2 aliphatic rings. The lowest BCUT2D eigenvalue weighted by Gasteiger charge is -1.99. The number of nitrogens with one attached hydrogen (secondary N) is 2. The number of hydrogen-bond acceptors (Lipinski definition) is 4. The maximum atomic E-state index is 11.4. The van der Waals surface area contributed by atoms with E-state index in [0.29, 0.717) is 13.1 Å². The van der Waals surface area contributed by atoms with Gasteiger partial charge in [-0.3, -0.25) is 9.59 Å². The zero-order valence-corrected chi connectivity index (χ0v) is 16.2. The van der Waals surface area contributed by atoms with Crippen molar-refractivity contribution in [3.05, 3.63) is 66.4 Å². The Balaban J connectivity index is 0.000000136. The van der Waals surface area contributed by atoms with Crippen molar-refractivity contribution < 1.29 is 9.59 Å². The van der Waals surface area contributed by atoms with Crippen molar-refractivity contribution in [1.29, 1.82) is 0 Å². The van der Waals surface area contributed by atoms with Crippen LogP contribution in [0.3, 0.4) is 0 Å². The molecule has 2 aliphatic heterocycles. The Morgan fingerprint density at radius 2 is 1.44 bits per heavy atom. The Labute approximate surface area is 161 Å². The maximum Gasteiger partial charge on any atom is 0.262 e. The fraction of sp³-hybridized carbons (Fsp3) is 0.111. The van der Waals surface area contributed by atoms with Crippen molar-refractivity contribution in [3.63, 3.8) is 0 Å². The lowest BCUT2D eigenvalue weighted by Crippen LogP contribution is -2.12. The van der Waals surface area contributed by atoms with Crippen LogP contribution in [-0.2, 0) is 13.1 Å². The van der Waals surface area contributed by atoms with Crippen LogP contribution in [0.15, 0.2) is 45.6 Å². The molecule has 2 amide bonds. The van der Waals surface area contributed by atoms with E-state index in [9.17, 15) is 9.59 Å². The Hall–Kier alpha value is -1.96. The Morgan fingerprint density at radius 1 is 0.840 bits per heavy atom. The highest BCUT2D eigenvalue weighted by Crippen LogP contribution is 2.34. The molecule has 4 heterocycles. The van der Waals surface area contributed by atoms with Gasteiger partial charge in [0.25, 0.3) is 11.8 Å². The second-order valence-corrected chi connectivity index (χ2v) is 8.19. The Morgan fingerprint density at radius 3 is 2.12 bits per heavy atom. The minimum Gasteiger partial charge on any atom is -0.347 e. The number of carbonyl (C=O) groups is 2. The molecule has 0 bridgehead atoms. The number of thiophene rings is 2. The van der Waals surface area contributed by atoms with Crippen LogP contribution in [-0.4, -0.2) is 11.8 Å². The van der Waals surface area contributed by atoms with Crippen molar-refractivity contribution in [3.8, 4) is 11.1 Å². The summed E-state index contributed by atoms with van der Waals surface area (Å²) in [4.78, 5) is 24.1. The van der Waals surface area contributed by atoms with E-state index in [1.54, 1.807) is 0 Å². The van der Waals surface area contributed by atoms with Crippen LogP contribution in [0.2, 0.25) is 0 Å². The van der Waals surface area contributed by atoms with Crippen LogP contribution < -0.4 is 10.6 Å². The van der Waals surface area contributed by atoms with E-state index >= 15 is 0 Å². The molecular weight excluding hydrogens is 420 g/mol. The van der Waals surface area contributed by atoms with Gasteiger partial charge >= 0.3 is 0 Å². The molecule has 2 aromatic heterocycles. The van der Waals surface area contributed by atoms with E-state index in [1.165, 1.54) is 33.8 Å². The average Bonchev–Trinajstić information content (AvgIpc) is 3.37. The van der Waals surface area contributed by atoms with E-state index < -0.39 is 0 Å². The fourth-order valence-corrected chi connectivity index (χ4v) is 5.46. The van der Waals surface area contributed by atoms with Gasteiger partial charge in [0.05, 0.1) is 9.75 Å². The highest BCUT2D eigenvalue weighted by atomic mass is 79.9. The lowest BCUT2D eigenvalue weighted by atomic mass is 10.0. The highest BCUT2D eigenvalue weighted by molar-refractivity contribution is 9.10. The minimum absolute atomic E-state index is 0.0608. The predicted molar refractivity (Wildman–Crippen MR) is 104 cm³/mol. The zero-order valence-electron chi connectivity index (χ0n) is 13.0. The molecule has 4 nitrogen and oxygen atoms in total. The van der Waals surface area contributed by atoms with Crippen molar-refractivity contribution in [1.82, 2.24) is 10.6 Å². The summed E-state index contributed by atoms with van der Waals surface area (Å²) in [6, 6.07) is 10.2. The quantitative estimate of drug-likeness (QED) is 0.597. The van der Waals surface area contributed by atoms with Crippen LogP contribution in [0.25, 0.3) is 11.1 Å². The molecule has 0 saturated heterocycles. The molecule has 0 unspecified atom stereocenters. The van der Waals surface area contributed by atoms with Gasteiger partial charge in [0.1, 0.15) is 0 Å². The fourth-order valence-electron chi connectivity index (χ4n) is 2.82. The third kappa shape index (κ3) is 3.03. The summed E-state index contributed by atoms with van der Waals surface area (Å²) < 4.78 is 1.05. The Bertz CT molecular complexity index is 963. The van der Waals surface area contributed by atoms with Crippen LogP contribution in [0.1, 0.15) is 30.5 Å². The highest BCUT2D eigenvalue weighted by Gasteiger charge is 2.24. The van der Waals surface area contributed by atoms with Crippen LogP contribution in [0, 0.1) is 0 Å². The molecule has 0 saturated carbocycles. The van der Waals surface area contributed by atoms with Crippen molar-refractivity contribution >= 4 is 50.4 Å². The number of halogens is 1. The summed E-state index contributed by atoms with van der Waals surface area (Å²) >= 11 is 6.38. The van der Waals surface area contributed by atoms with Gasteiger partial charge in [-0.15, -0.1) is 22.7 Å². The van der Waals surface area contributed by atoms with Crippen molar-refractivity contribution in [2.75, 3.05) is 0 Å². The first-order valence-electron chi connectivity index (χ1n) is 7.63. The molecular formula is C18H13BrN2O2S2. The van der Waals surface area contributed by atoms with Gasteiger partial charge in [0, 0.05) is 34.1 Å². The summed E-state index contributed by atoms with van der Waals surface area (Å²) in [5, 5.41) is 9.61. The number of hydrogen-bond donors (Lipinski definition) is 2. The first kappa shape index (κ1) is 16.5. The molecule has 126 valence electrons. The molecule has 25 heavy (non-hydrogen) atoms. The molecule has 0 atom stereocenters. The van der Waals surface area contributed by atoms with Crippen molar-refractivity contribution in [2.24, 2.45) is 0 Å². The molecule has 3 aromatic rings. The summed E-state index contributed by atoms with van der Waals surface area (Å²) in [7, 11) is 0. The number of amides is 2. The first-order chi connectivity index (χ1) is 12.1. The molecule has 2 N–H and O–H groups in total. The number of benzene rings is 1. The lowest BCUT2D eigenvalue weighted by molar-refractivity contribution is 0.0961. The summed E-state index contributed by atoms with van der Waals surface area (Å²) in [6.07, 6.45) is 0. The van der Waals surface area contributed by atoms with Gasteiger partial charge in [-0.2, -0.15) is 0 Å². The van der Waals surface area contributed by atoms with Crippen molar-refractivity contribution in [2.45, 2.75) is 13.1 Å². The number of rotatable bonds is 1. The number of fused-ring (bicyclic) bond motifs is 2. The molecule has 0 spiro atoms. The standard InChI is InChI=1S/C12H9NOS.C6H4BrNOS/c14-12-11-9(6-13-12)10(7-15-11)8-4-2-1-3-5-8;7-4-2-10-5-3(4)1-8-6(5)9/h1-5,7H,6H2,(H,13,14);2H,1H2,(H,8,9). The van der Waals surface area contributed by atoms with Gasteiger partial charge in [0.15, 0.2) is 0 Å². The van der Waals surface area contributed by atoms with Gasteiger partial charge in [-0.1, -0.05) is 30.3 Å². The second-order valence-electron chi connectivity index (χ2n) is 5.58. The normalized spacial score (nSPS) is 14.3. The SMILES string of the molecule is O=C1NCc2c(-c3ccccc3)csc21.O=C1NCc2c(Br)csc21. The second kappa shape index (κ2) is 6.74. The molecule has 0 aliphatic carbocycles. The van der Waals surface area contributed by atoms with Gasteiger partial charge < -0.3 is 10.6 Å². The minimum atomic E-state index is 0.0608. The van der Waals surface area contributed by atoms with Gasteiger partial charge in [0.2, 0.25) is 0 Å². The van der Waals surface area contributed by atoms with Crippen LogP contribution in [0.5, 0.6) is 0 Å². The smallest absolute Gasteiger partial charge is 0.262 e. The molecule has 0 radical (unpaired) electrons. The monoisotopic (exact) mass is 432 g/mol. The Kier molecular flexibility index (Phi) is 4.45. The van der Waals surface area contributed by atoms with E-state index in [0.717, 1.165) is 25.4 Å². The number of carbonyl (C=O) groups excluding carboxylic acids is 2. The molecule has 7 heteroatoms. The molecule has 0 fully saturated rings. The summed E-state index contributed by atoms with van der Waals surface area (Å²) in [5.74, 6) is 0.128. The van der Waals surface area contributed by atoms with Gasteiger partial charge in [-0.25, -0.2) is 0 Å². The third-order valence-electron chi connectivity index (χ3n) is 4.09. The van der Waals surface area contributed by atoms with E-state index in [2.05, 4.69) is 44.1 Å². The first-order valence-corrected chi connectivity index (χ1v) is 10.2. The predicted octanol–water partition coefficient (Wildman–Crippen LogP) is 4.41. The summed E-state index contributed by atoms with van der Waals surface area (Å²) in [5.41, 5.74) is 4.63. The van der Waals surface area contributed by atoms with E-state index in [-0.39, 0.29) is 11.8 Å². The van der Waals surface area contributed by atoms with Gasteiger partial charge in [-0.05, 0) is 32.4 Å². The largest absolute Gasteiger partial charge is 0.347 e. The van der Waals surface area contributed by atoms with Crippen LogP contribution >= 0.6 is 38.6 Å². The summed E-state index contributed by atoms with van der Waals surface area (Å²) in [6.45, 7) is 1.35. The topological polar surface area (TPSA) is 58.2 Å². The average molecular weight is 433 g/mol. The molecule has 5 rings (SSSR count). The zero-order chi connectivity index (χ0) is 17.4. The van der Waals surface area contributed by atoms with E-state index in [1.807, 2.05) is 23.6 Å². The molecule has 1 aromatic carbocycles. The van der Waals surface area contributed by atoms with Crippen LogP contribution in [0.4, 0.5) is 0 Å². The maximum absolute atomic E-state index is 11.4.